The number of hydrogen-bond donors (Lipinski definition) is 2. The van der Waals surface area contributed by atoms with E-state index in [4.69, 9.17) is 18.9 Å². The van der Waals surface area contributed by atoms with Crippen LogP contribution in [0.4, 0.5) is 0 Å². The second kappa shape index (κ2) is 3.91. The molecule has 5 rings (SSSR count). The fourth-order valence-corrected chi connectivity index (χ4v) is 3.32. The topological polar surface area (TPSA) is 77.4 Å². The molecule has 2 atom stereocenters. The average Bonchev–Trinajstić information content (AvgIpc) is 3.12. The van der Waals surface area contributed by atoms with Crippen molar-refractivity contribution in [2.24, 2.45) is 0 Å². The number of ether oxygens (including phenoxy) is 4. The van der Waals surface area contributed by atoms with Gasteiger partial charge < -0.3 is 29.2 Å². The highest BCUT2D eigenvalue weighted by Crippen LogP contribution is 2.59. The van der Waals surface area contributed by atoms with E-state index in [1.165, 1.54) is 0 Å². The van der Waals surface area contributed by atoms with Gasteiger partial charge in [-0.1, -0.05) is 0 Å². The molecule has 0 radical (unpaired) electrons. The van der Waals surface area contributed by atoms with E-state index in [0.29, 0.717) is 29.6 Å². The van der Waals surface area contributed by atoms with Crippen LogP contribution in [-0.4, -0.2) is 23.6 Å². The molecule has 2 aromatic rings. The first-order valence-corrected chi connectivity index (χ1v) is 7.00. The maximum Gasteiger partial charge on any atom is 0.231 e. The Bertz CT molecular complexity index is 800. The smallest absolute Gasteiger partial charge is 0.231 e. The molecule has 0 saturated carbocycles. The molecule has 0 bridgehead atoms. The Kier molecular flexibility index (Phi) is 2.11. The predicted octanol–water partition coefficient (Wildman–Crippen LogP) is 2.44. The Morgan fingerprint density at radius 3 is 2.73 bits per heavy atom. The number of fused-ring (bicyclic) bond motifs is 6. The highest BCUT2D eigenvalue weighted by Gasteiger charge is 2.44. The van der Waals surface area contributed by atoms with E-state index in [0.717, 1.165) is 11.1 Å². The summed E-state index contributed by atoms with van der Waals surface area (Å²) in [7, 11) is 0. The largest absolute Gasteiger partial charge is 0.508 e. The second-order valence-corrected chi connectivity index (χ2v) is 5.56. The molecular formula is C16H12O6. The minimum atomic E-state index is -0.257. The molecule has 3 heterocycles. The van der Waals surface area contributed by atoms with Crippen LogP contribution in [0.3, 0.4) is 0 Å². The molecule has 3 aliphatic heterocycles. The number of aromatic hydroxyl groups is 2. The monoisotopic (exact) mass is 300 g/mol. The van der Waals surface area contributed by atoms with Crippen LogP contribution < -0.4 is 18.9 Å². The van der Waals surface area contributed by atoms with Gasteiger partial charge in [0.15, 0.2) is 11.5 Å². The summed E-state index contributed by atoms with van der Waals surface area (Å²) in [4.78, 5) is 0. The number of phenols is 2. The summed E-state index contributed by atoms with van der Waals surface area (Å²) in [6.45, 7) is 0.506. The number of rotatable bonds is 0. The summed E-state index contributed by atoms with van der Waals surface area (Å²) in [6, 6.07) is 6.80. The van der Waals surface area contributed by atoms with Crippen LogP contribution in [0, 0.1) is 0 Å². The first kappa shape index (κ1) is 11.9. The molecular weight excluding hydrogens is 288 g/mol. The Balaban J connectivity index is 1.65. The lowest BCUT2D eigenvalue weighted by Crippen LogP contribution is -2.23. The minimum absolute atomic E-state index is 0.0280. The molecule has 2 aromatic carbocycles. The van der Waals surface area contributed by atoms with Gasteiger partial charge in [0, 0.05) is 17.2 Å². The molecule has 6 nitrogen and oxygen atoms in total. The Hall–Kier alpha value is -2.76. The van der Waals surface area contributed by atoms with Crippen molar-refractivity contribution < 1.29 is 29.2 Å². The Morgan fingerprint density at radius 2 is 1.82 bits per heavy atom. The van der Waals surface area contributed by atoms with Crippen molar-refractivity contribution in [2.45, 2.75) is 12.0 Å². The van der Waals surface area contributed by atoms with E-state index in [-0.39, 0.29) is 30.3 Å². The van der Waals surface area contributed by atoms with Gasteiger partial charge in [0.25, 0.3) is 0 Å². The maximum atomic E-state index is 10.4. The summed E-state index contributed by atoms with van der Waals surface area (Å²) in [5.41, 5.74) is 1.71. The van der Waals surface area contributed by atoms with Gasteiger partial charge in [-0.25, -0.2) is 0 Å². The van der Waals surface area contributed by atoms with E-state index in [9.17, 15) is 10.2 Å². The van der Waals surface area contributed by atoms with Crippen LogP contribution in [-0.2, 0) is 0 Å². The van der Waals surface area contributed by atoms with Gasteiger partial charge in [-0.2, -0.15) is 0 Å². The maximum absolute atomic E-state index is 10.4. The van der Waals surface area contributed by atoms with E-state index < -0.39 is 0 Å². The number of benzene rings is 2. The van der Waals surface area contributed by atoms with E-state index in [1.807, 2.05) is 6.07 Å². The van der Waals surface area contributed by atoms with Crippen LogP contribution in [0.1, 0.15) is 23.1 Å². The number of hydrogen-bond acceptors (Lipinski definition) is 6. The molecule has 0 aromatic heterocycles. The first-order chi connectivity index (χ1) is 10.7. The zero-order valence-corrected chi connectivity index (χ0v) is 11.4. The van der Waals surface area contributed by atoms with Crippen molar-refractivity contribution in [2.75, 3.05) is 13.4 Å². The molecule has 112 valence electrons. The van der Waals surface area contributed by atoms with Gasteiger partial charge in [0.2, 0.25) is 18.3 Å². The highest BCUT2D eigenvalue weighted by atomic mass is 16.7. The first-order valence-electron chi connectivity index (χ1n) is 7.00. The van der Waals surface area contributed by atoms with Crippen molar-refractivity contribution in [1.82, 2.24) is 0 Å². The average molecular weight is 300 g/mol. The highest BCUT2D eigenvalue weighted by molar-refractivity contribution is 5.66. The van der Waals surface area contributed by atoms with Crippen molar-refractivity contribution in [3.63, 3.8) is 0 Å². The molecule has 6 heteroatoms. The van der Waals surface area contributed by atoms with Crippen LogP contribution in [0.2, 0.25) is 0 Å². The lowest BCUT2D eigenvalue weighted by Gasteiger charge is -2.27. The summed E-state index contributed by atoms with van der Waals surface area (Å²) >= 11 is 0. The molecule has 2 N–H and O–H groups in total. The van der Waals surface area contributed by atoms with Gasteiger partial charge in [0.1, 0.15) is 17.6 Å². The fraction of sp³-hybridized carbons (Fsp3) is 0.250. The zero-order valence-electron chi connectivity index (χ0n) is 11.4. The van der Waals surface area contributed by atoms with Crippen LogP contribution in [0.15, 0.2) is 24.3 Å². The molecule has 0 saturated heterocycles. The molecule has 0 amide bonds. The summed E-state index contributed by atoms with van der Waals surface area (Å²) in [5, 5.41) is 19.9. The normalized spacial score (nSPS) is 23.1. The van der Waals surface area contributed by atoms with Crippen LogP contribution in [0.5, 0.6) is 34.5 Å². The van der Waals surface area contributed by atoms with Gasteiger partial charge in [-0.15, -0.1) is 0 Å². The molecule has 0 aliphatic carbocycles. The van der Waals surface area contributed by atoms with Crippen LogP contribution >= 0.6 is 0 Å². The third-order valence-corrected chi connectivity index (χ3v) is 4.35. The van der Waals surface area contributed by atoms with Crippen molar-refractivity contribution in [3.8, 4) is 34.5 Å². The Morgan fingerprint density at radius 1 is 0.909 bits per heavy atom. The fourth-order valence-electron chi connectivity index (χ4n) is 3.32. The lowest BCUT2D eigenvalue weighted by molar-refractivity contribution is 0.135. The van der Waals surface area contributed by atoms with Crippen molar-refractivity contribution >= 4 is 0 Å². The van der Waals surface area contributed by atoms with Crippen molar-refractivity contribution in [3.05, 3.63) is 35.4 Å². The summed E-state index contributed by atoms with van der Waals surface area (Å²) in [6.07, 6.45) is -0.257. The second-order valence-electron chi connectivity index (χ2n) is 5.56. The van der Waals surface area contributed by atoms with Crippen LogP contribution in [0.25, 0.3) is 0 Å². The summed E-state index contributed by atoms with van der Waals surface area (Å²) < 4.78 is 22.4. The van der Waals surface area contributed by atoms with Gasteiger partial charge >= 0.3 is 0 Å². The van der Waals surface area contributed by atoms with E-state index in [2.05, 4.69) is 0 Å². The molecule has 2 unspecified atom stereocenters. The van der Waals surface area contributed by atoms with Gasteiger partial charge in [-0.3, -0.25) is 0 Å². The third-order valence-electron chi connectivity index (χ3n) is 4.35. The van der Waals surface area contributed by atoms with E-state index >= 15 is 0 Å². The minimum Gasteiger partial charge on any atom is -0.508 e. The predicted molar refractivity (Wildman–Crippen MR) is 73.9 cm³/mol. The molecule has 0 fully saturated rings. The lowest BCUT2D eigenvalue weighted by atomic mass is 9.89. The number of phenolic OH excluding ortho intramolecular Hbond substituents is 2. The standard InChI is InChI=1S/C16H12O6/c17-7-1-2-8-11(3-7)19-5-10-9-4-12-16(21-6-20-12)13(18)15(9)22-14(8)10/h1-4,10,14,17-18H,5-6H2. The summed E-state index contributed by atoms with van der Waals surface area (Å²) in [5.74, 6) is 1.96. The Labute approximate surface area is 125 Å². The third kappa shape index (κ3) is 1.39. The molecule has 3 aliphatic rings. The van der Waals surface area contributed by atoms with E-state index in [1.54, 1.807) is 18.2 Å². The zero-order chi connectivity index (χ0) is 14.8. The molecule has 22 heavy (non-hydrogen) atoms. The molecule has 0 spiro atoms. The van der Waals surface area contributed by atoms with Crippen molar-refractivity contribution in [1.29, 1.82) is 0 Å². The van der Waals surface area contributed by atoms with Gasteiger partial charge in [0.05, 0.1) is 12.5 Å². The quantitative estimate of drug-likeness (QED) is 0.778. The SMILES string of the molecule is Oc1ccc2c(c1)OCC1c3cc4c(c(O)c3OC21)OCO4. The van der Waals surface area contributed by atoms with Gasteiger partial charge in [-0.05, 0) is 18.2 Å².